The third-order valence-corrected chi connectivity index (χ3v) is 4.59. The lowest BCUT2D eigenvalue weighted by molar-refractivity contribution is -0.123. The van der Waals surface area contributed by atoms with Crippen LogP contribution in [-0.4, -0.2) is 12.5 Å². The lowest BCUT2D eigenvalue weighted by atomic mass is 9.90. The first-order chi connectivity index (χ1) is 12.3. The summed E-state index contributed by atoms with van der Waals surface area (Å²) in [5.74, 6) is 1.19. The molecule has 0 spiro atoms. The molecular formula is C22H30N2O2. The average Bonchev–Trinajstić information content (AvgIpc) is 2.58. The summed E-state index contributed by atoms with van der Waals surface area (Å²) in [7, 11) is 0. The molecule has 2 rings (SSSR count). The van der Waals surface area contributed by atoms with Gasteiger partial charge in [0.1, 0.15) is 5.75 Å². The number of amides is 1. The summed E-state index contributed by atoms with van der Waals surface area (Å²) in [4.78, 5) is 12.2. The number of allylic oxidation sites excluding steroid dienone is 4. The predicted molar refractivity (Wildman–Crippen MR) is 107 cm³/mol. The Bertz CT molecular complexity index is 745. The lowest BCUT2D eigenvalue weighted by Gasteiger charge is -2.22. The number of hydrogen-bond acceptors (Lipinski definition) is 3. The molecular weight excluding hydrogens is 324 g/mol. The van der Waals surface area contributed by atoms with Crippen LogP contribution in [0.4, 0.5) is 0 Å². The van der Waals surface area contributed by atoms with E-state index in [0.29, 0.717) is 11.8 Å². The molecule has 4 heteroatoms. The van der Waals surface area contributed by atoms with Crippen molar-refractivity contribution in [3.63, 3.8) is 0 Å². The number of hydrogen-bond donors (Lipinski definition) is 2. The highest BCUT2D eigenvalue weighted by molar-refractivity contribution is 5.77. The lowest BCUT2D eigenvalue weighted by Crippen LogP contribution is -2.40. The van der Waals surface area contributed by atoms with Gasteiger partial charge in [0.05, 0.1) is 5.70 Å². The molecule has 0 heterocycles. The van der Waals surface area contributed by atoms with Crippen molar-refractivity contribution in [2.45, 2.75) is 47.0 Å². The van der Waals surface area contributed by atoms with Gasteiger partial charge in [-0.1, -0.05) is 50.3 Å². The molecule has 1 aromatic carbocycles. The summed E-state index contributed by atoms with van der Waals surface area (Å²) in [6.07, 6.45) is 5.22. The highest BCUT2D eigenvalue weighted by Gasteiger charge is 2.15. The van der Waals surface area contributed by atoms with Gasteiger partial charge in [-0.15, -0.1) is 0 Å². The largest absolute Gasteiger partial charge is 0.483 e. The highest BCUT2D eigenvalue weighted by atomic mass is 16.5. The fraction of sp³-hybridized carbons (Fsp3) is 0.409. The van der Waals surface area contributed by atoms with Gasteiger partial charge >= 0.3 is 0 Å². The molecule has 1 aromatic rings. The quantitative estimate of drug-likeness (QED) is 0.558. The van der Waals surface area contributed by atoms with Crippen molar-refractivity contribution in [2.24, 2.45) is 5.92 Å². The molecule has 140 valence electrons. The molecule has 0 bridgehead atoms. The van der Waals surface area contributed by atoms with E-state index in [1.165, 1.54) is 0 Å². The van der Waals surface area contributed by atoms with E-state index in [4.69, 9.17) is 4.74 Å². The van der Waals surface area contributed by atoms with E-state index in [-0.39, 0.29) is 12.5 Å². The van der Waals surface area contributed by atoms with Gasteiger partial charge in [-0.3, -0.25) is 15.6 Å². The number of carbonyl (C=O) groups excluding carboxylic acids is 1. The standard InChI is InChI=1S/C22H30N2O2/c1-14(2)18-9-8-17(6)20(12-18)23-24-22(25)13-26-21-11-16(5)7-10-19(21)15(3)4/h7-8,10-12,15,18,23H,1,9,13H2,2-6H3,(H,24,25). The number of aryl methyl sites for hydroxylation is 1. The average molecular weight is 354 g/mol. The van der Waals surface area contributed by atoms with E-state index in [1.807, 2.05) is 26.8 Å². The third kappa shape index (κ3) is 5.25. The summed E-state index contributed by atoms with van der Waals surface area (Å²) in [6.45, 7) is 14.3. The van der Waals surface area contributed by atoms with Gasteiger partial charge in [0.25, 0.3) is 5.91 Å². The summed E-state index contributed by atoms with van der Waals surface area (Å²) in [6, 6.07) is 6.10. The third-order valence-electron chi connectivity index (χ3n) is 4.59. The number of hydrazine groups is 1. The van der Waals surface area contributed by atoms with Crippen LogP contribution in [0, 0.1) is 12.8 Å². The van der Waals surface area contributed by atoms with Crippen molar-refractivity contribution in [3.8, 4) is 5.75 Å². The molecule has 1 atom stereocenters. The Balaban J connectivity index is 1.93. The minimum Gasteiger partial charge on any atom is -0.483 e. The van der Waals surface area contributed by atoms with Crippen LogP contribution in [0.2, 0.25) is 0 Å². The minimum atomic E-state index is -0.215. The summed E-state index contributed by atoms with van der Waals surface area (Å²) in [5, 5.41) is 0. The molecule has 0 saturated carbocycles. The smallest absolute Gasteiger partial charge is 0.276 e. The molecule has 1 unspecified atom stereocenters. The second-order valence-corrected chi connectivity index (χ2v) is 7.31. The van der Waals surface area contributed by atoms with Crippen molar-refractivity contribution in [1.82, 2.24) is 10.9 Å². The van der Waals surface area contributed by atoms with Gasteiger partial charge in [0.2, 0.25) is 0 Å². The predicted octanol–water partition coefficient (Wildman–Crippen LogP) is 4.54. The van der Waals surface area contributed by atoms with E-state index in [9.17, 15) is 4.79 Å². The Kier molecular flexibility index (Phi) is 6.67. The highest BCUT2D eigenvalue weighted by Crippen LogP contribution is 2.27. The van der Waals surface area contributed by atoms with Gasteiger partial charge in [-0.05, 0) is 55.9 Å². The Labute approximate surface area is 157 Å². The van der Waals surface area contributed by atoms with Crippen LogP contribution in [0.25, 0.3) is 0 Å². The van der Waals surface area contributed by atoms with Gasteiger partial charge in [-0.2, -0.15) is 0 Å². The fourth-order valence-electron chi connectivity index (χ4n) is 2.86. The Morgan fingerprint density at radius 1 is 1.35 bits per heavy atom. The zero-order valence-corrected chi connectivity index (χ0v) is 16.5. The van der Waals surface area contributed by atoms with Crippen LogP contribution in [-0.2, 0) is 4.79 Å². The summed E-state index contributed by atoms with van der Waals surface area (Å²) in [5.41, 5.74) is 11.1. The zero-order chi connectivity index (χ0) is 19.3. The van der Waals surface area contributed by atoms with Gasteiger partial charge in [0.15, 0.2) is 6.61 Å². The van der Waals surface area contributed by atoms with E-state index in [2.05, 4.69) is 55.6 Å². The van der Waals surface area contributed by atoms with E-state index < -0.39 is 0 Å². The normalized spacial score (nSPS) is 16.6. The Morgan fingerprint density at radius 3 is 2.73 bits per heavy atom. The molecule has 1 aliphatic carbocycles. The summed E-state index contributed by atoms with van der Waals surface area (Å²) >= 11 is 0. The molecule has 26 heavy (non-hydrogen) atoms. The fourth-order valence-corrected chi connectivity index (χ4v) is 2.86. The van der Waals surface area contributed by atoms with Gasteiger partial charge < -0.3 is 4.74 Å². The maximum Gasteiger partial charge on any atom is 0.276 e. The van der Waals surface area contributed by atoms with Crippen LogP contribution in [0.15, 0.2) is 53.8 Å². The number of benzene rings is 1. The first kappa shape index (κ1) is 19.8. The molecule has 4 nitrogen and oxygen atoms in total. The van der Waals surface area contributed by atoms with Crippen molar-refractivity contribution < 1.29 is 9.53 Å². The van der Waals surface area contributed by atoms with Crippen molar-refractivity contribution in [1.29, 1.82) is 0 Å². The van der Waals surface area contributed by atoms with Crippen LogP contribution in [0.3, 0.4) is 0 Å². The van der Waals surface area contributed by atoms with Crippen LogP contribution in [0.5, 0.6) is 5.75 Å². The number of carbonyl (C=O) groups is 1. The van der Waals surface area contributed by atoms with E-state index in [1.54, 1.807) is 0 Å². The van der Waals surface area contributed by atoms with Crippen molar-refractivity contribution in [2.75, 3.05) is 6.61 Å². The van der Waals surface area contributed by atoms with Crippen LogP contribution >= 0.6 is 0 Å². The Morgan fingerprint density at radius 2 is 2.08 bits per heavy atom. The SMILES string of the molecule is C=C(C)C1C=C(NNC(=O)COc2cc(C)ccc2C(C)C)C(C)=CC1. The second kappa shape index (κ2) is 8.75. The molecule has 0 radical (unpaired) electrons. The number of ether oxygens (including phenoxy) is 1. The minimum absolute atomic E-state index is 0.0316. The van der Waals surface area contributed by atoms with Crippen LogP contribution < -0.4 is 15.6 Å². The summed E-state index contributed by atoms with van der Waals surface area (Å²) < 4.78 is 5.77. The van der Waals surface area contributed by atoms with Crippen molar-refractivity contribution in [3.05, 3.63) is 64.9 Å². The number of rotatable bonds is 7. The molecule has 0 saturated heterocycles. The Hall–Kier alpha value is -2.49. The van der Waals surface area contributed by atoms with Gasteiger partial charge in [0, 0.05) is 5.92 Å². The van der Waals surface area contributed by atoms with Crippen molar-refractivity contribution >= 4 is 5.91 Å². The first-order valence-electron chi connectivity index (χ1n) is 9.10. The molecule has 0 aliphatic heterocycles. The molecule has 1 amide bonds. The van der Waals surface area contributed by atoms with E-state index in [0.717, 1.165) is 40.1 Å². The second-order valence-electron chi connectivity index (χ2n) is 7.31. The van der Waals surface area contributed by atoms with E-state index >= 15 is 0 Å². The van der Waals surface area contributed by atoms with Crippen LogP contribution in [0.1, 0.15) is 51.2 Å². The topological polar surface area (TPSA) is 50.4 Å². The first-order valence-corrected chi connectivity index (χ1v) is 9.10. The number of nitrogens with one attached hydrogen (secondary N) is 2. The molecule has 1 aliphatic rings. The zero-order valence-electron chi connectivity index (χ0n) is 16.5. The van der Waals surface area contributed by atoms with Gasteiger partial charge in [-0.25, -0.2) is 0 Å². The maximum atomic E-state index is 12.2. The molecule has 0 fully saturated rings. The maximum absolute atomic E-state index is 12.2. The molecule has 0 aromatic heterocycles. The monoisotopic (exact) mass is 354 g/mol. The molecule has 2 N–H and O–H groups in total.